The van der Waals surface area contributed by atoms with E-state index in [2.05, 4.69) is 24.4 Å². The lowest BCUT2D eigenvalue weighted by molar-refractivity contribution is 0.223. The van der Waals surface area contributed by atoms with Crippen LogP contribution in [0.3, 0.4) is 0 Å². The summed E-state index contributed by atoms with van der Waals surface area (Å²) in [4.78, 5) is 0. The van der Waals surface area contributed by atoms with Gasteiger partial charge in [-0.05, 0) is 36.8 Å². The SMILES string of the molecule is CC1CCC(CN[C@@H](CO)c2ccccc2)CC1. The van der Waals surface area contributed by atoms with Gasteiger partial charge in [-0.25, -0.2) is 0 Å². The summed E-state index contributed by atoms with van der Waals surface area (Å²) in [5.74, 6) is 1.70. The predicted molar refractivity (Wildman–Crippen MR) is 75.4 cm³/mol. The van der Waals surface area contributed by atoms with Gasteiger partial charge < -0.3 is 10.4 Å². The van der Waals surface area contributed by atoms with E-state index in [9.17, 15) is 5.11 Å². The highest BCUT2D eigenvalue weighted by Gasteiger charge is 2.19. The summed E-state index contributed by atoms with van der Waals surface area (Å²) in [6.45, 7) is 3.56. The molecule has 0 bridgehead atoms. The Morgan fingerprint density at radius 2 is 1.83 bits per heavy atom. The largest absolute Gasteiger partial charge is 0.394 e. The van der Waals surface area contributed by atoms with E-state index in [0.29, 0.717) is 0 Å². The molecule has 2 rings (SSSR count). The van der Waals surface area contributed by atoms with Crippen molar-refractivity contribution in [2.45, 2.75) is 38.6 Å². The third kappa shape index (κ3) is 3.82. The summed E-state index contributed by atoms with van der Waals surface area (Å²) in [7, 11) is 0. The predicted octanol–water partition coefficient (Wildman–Crippen LogP) is 3.14. The Morgan fingerprint density at radius 1 is 1.17 bits per heavy atom. The summed E-state index contributed by atoms with van der Waals surface area (Å²) >= 11 is 0. The van der Waals surface area contributed by atoms with E-state index in [-0.39, 0.29) is 12.6 Å². The maximum Gasteiger partial charge on any atom is 0.0626 e. The molecule has 0 saturated heterocycles. The normalized spacial score (nSPS) is 25.9. The molecule has 0 aliphatic heterocycles. The Hall–Kier alpha value is -0.860. The molecule has 1 fully saturated rings. The van der Waals surface area contributed by atoms with Crippen molar-refractivity contribution in [1.82, 2.24) is 5.32 Å². The fraction of sp³-hybridized carbons (Fsp3) is 0.625. The number of hydrogen-bond acceptors (Lipinski definition) is 2. The molecule has 18 heavy (non-hydrogen) atoms. The third-order valence-electron chi connectivity index (χ3n) is 4.17. The van der Waals surface area contributed by atoms with E-state index >= 15 is 0 Å². The Bertz CT molecular complexity index is 330. The molecule has 100 valence electrons. The highest BCUT2D eigenvalue weighted by atomic mass is 16.3. The molecule has 1 aromatic rings. The van der Waals surface area contributed by atoms with Gasteiger partial charge in [-0.3, -0.25) is 0 Å². The molecule has 1 aromatic carbocycles. The molecule has 1 atom stereocenters. The topological polar surface area (TPSA) is 32.3 Å². The third-order valence-corrected chi connectivity index (χ3v) is 4.17. The Kier molecular flexibility index (Phi) is 5.21. The zero-order valence-corrected chi connectivity index (χ0v) is 11.3. The van der Waals surface area contributed by atoms with Crippen molar-refractivity contribution in [2.75, 3.05) is 13.2 Å². The van der Waals surface area contributed by atoms with Crippen molar-refractivity contribution in [3.05, 3.63) is 35.9 Å². The molecule has 0 radical (unpaired) electrons. The van der Waals surface area contributed by atoms with Crippen molar-refractivity contribution >= 4 is 0 Å². The lowest BCUT2D eigenvalue weighted by Crippen LogP contribution is -2.31. The van der Waals surface area contributed by atoms with Crippen molar-refractivity contribution in [3.8, 4) is 0 Å². The van der Waals surface area contributed by atoms with Crippen molar-refractivity contribution in [1.29, 1.82) is 0 Å². The first-order valence-electron chi connectivity index (χ1n) is 7.18. The number of nitrogens with one attached hydrogen (secondary N) is 1. The summed E-state index contributed by atoms with van der Waals surface area (Å²) in [5, 5.41) is 13.0. The van der Waals surface area contributed by atoms with Crippen LogP contribution in [0.5, 0.6) is 0 Å². The lowest BCUT2D eigenvalue weighted by Gasteiger charge is -2.28. The molecule has 0 unspecified atom stereocenters. The number of aliphatic hydroxyl groups is 1. The fourth-order valence-electron chi connectivity index (χ4n) is 2.82. The monoisotopic (exact) mass is 247 g/mol. The smallest absolute Gasteiger partial charge is 0.0626 e. The molecule has 1 aliphatic rings. The van der Waals surface area contributed by atoms with Crippen LogP contribution in [0.15, 0.2) is 30.3 Å². The van der Waals surface area contributed by atoms with Crippen molar-refractivity contribution in [2.24, 2.45) is 11.8 Å². The average molecular weight is 247 g/mol. The van der Waals surface area contributed by atoms with E-state index in [1.54, 1.807) is 0 Å². The van der Waals surface area contributed by atoms with Gasteiger partial charge in [0.15, 0.2) is 0 Å². The molecule has 0 heterocycles. The Balaban J connectivity index is 1.81. The maximum atomic E-state index is 9.49. The second kappa shape index (κ2) is 6.91. The highest BCUT2D eigenvalue weighted by molar-refractivity contribution is 5.18. The second-order valence-electron chi connectivity index (χ2n) is 5.68. The van der Waals surface area contributed by atoms with Gasteiger partial charge in [0, 0.05) is 0 Å². The first-order chi connectivity index (χ1) is 8.79. The average Bonchev–Trinajstić information content (AvgIpc) is 2.43. The summed E-state index contributed by atoms with van der Waals surface area (Å²) < 4.78 is 0. The van der Waals surface area contributed by atoms with Crippen LogP contribution < -0.4 is 5.32 Å². The highest BCUT2D eigenvalue weighted by Crippen LogP contribution is 2.28. The first-order valence-corrected chi connectivity index (χ1v) is 7.18. The Morgan fingerprint density at radius 3 is 2.44 bits per heavy atom. The van der Waals surface area contributed by atoms with Gasteiger partial charge >= 0.3 is 0 Å². The van der Waals surface area contributed by atoms with E-state index in [4.69, 9.17) is 0 Å². The molecule has 0 spiro atoms. The van der Waals surface area contributed by atoms with E-state index in [1.165, 1.54) is 31.2 Å². The van der Waals surface area contributed by atoms with Gasteiger partial charge in [-0.15, -0.1) is 0 Å². The number of hydrogen-bond donors (Lipinski definition) is 2. The first kappa shape index (κ1) is 13.6. The van der Waals surface area contributed by atoms with Crippen molar-refractivity contribution < 1.29 is 5.11 Å². The summed E-state index contributed by atoms with van der Waals surface area (Å²) in [6, 6.07) is 10.3. The zero-order valence-electron chi connectivity index (χ0n) is 11.3. The summed E-state index contributed by atoms with van der Waals surface area (Å²) in [5.41, 5.74) is 1.18. The molecule has 1 saturated carbocycles. The van der Waals surface area contributed by atoms with Gasteiger partial charge in [0.25, 0.3) is 0 Å². The van der Waals surface area contributed by atoms with Crippen LogP contribution in [-0.4, -0.2) is 18.3 Å². The van der Waals surface area contributed by atoms with E-state index in [1.807, 2.05) is 18.2 Å². The van der Waals surface area contributed by atoms with Crippen LogP contribution in [0, 0.1) is 11.8 Å². The van der Waals surface area contributed by atoms with E-state index < -0.39 is 0 Å². The maximum absolute atomic E-state index is 9.49. The van der Waals surface area contributed by atoms with Crippen LogP contribution >= 0.6 is 0 Å². The van der Waals surface area contributed by atoms with E-state index in [0.717, 1.165) is 18.4 Å². The summed E-state index contributed by atoms with van der Waals surface area (Å²) in [6.07, 6.45) is 5.39. The molecular weight excluding hydrogens is 222 g/mol. The van der Waals surface area contributed by atoms with Crippen LogP contribution in [0.1, 0.15) is 44.2 Å². The van der Waals surface area contributed by atoms with Crippen LogP contribution in [0.2, 0.25) is 0 Å². The molecule has 2 N–H and O–H groups in total. The molecular formula is C16H25NO. The molecule has 0 amide bonds. The Labute approximate surface area is 110 Å². The van der Waals surface area contributed by atoms with Gasteiger partial charge in [-0.1, -0.05) is 50.1 Å². The van der Waals surface area contributed by atoms with Gasteiger partial charge in [0.05, 0.1) is 12.6 Å². The van der Waals surface area contributed by atoms with Crippen LogP contribution in [0.4, 0.5) is 0 Å². The van der Waals surface area contributed by atoms with Gasteiger partial charge in [0.2, 0.25) is 0 Å². The minimum absolute atomic E-state index is 0.0885. The molecule has 2 heteroatoms. The number of benzene rings is 1. The lowest BCUT2D eigenvalue weighted by atomic mass is 9.83. The number of aliphatic hydroxyl groups excluding tert-OH is 1. The number of rotatable bonds is 5. The minimum atomic E-state index is 0.0885. The standard InChI is InChI=1S/C16H25NO/c1-13-7-9-14(10-8-13)11-17-16(12-18)15-5-3-2-4-6-15/h2-6,13-14,16-18H,7-12H2,1H3/t13?,14?,16-/m0/s1. The molecule has 0 aromatic heterocycles. The quantitative estimate of drug-likeness (QED) is 0.838. The fourth-order valence-corrected chi connectivity index (χ4v) is 2.82. The van der Waals surface area contributed by atoms with Crippen molar-refractivity contribution in [3.63, 3.8) is 0 Å². The van der Waals surface area contributed by atoms with Gasteiger partial charge in [-0.2, -0.15) is 0 Å². The molecule has 1 aliphatic carbocycles. The van der Waals surface area contributed by atoms with Crippen LogP contribution in [0.25, 0.3) is 0 Å². The molecule has 2 nitrogen and oxygen atoms in total. The van der Waals surface area contributed by atoms with Gasteiger partial charge in [0.1, 0.15) is 0 Å². The minimum Gasteiger partial charge on any atom is -0.394 e. The second-order valence-corrected chi connectivity index (χ2v) is 5.68. The van der Waals surface area contributed by atoms with Crippen LogP contribution in [-0.2, 0) is 0 Å². The zero-order chi connectivity index (χ0) is 12.8.